The van der Waals surface area contributed by atoms with Gasteiger partial charge in [0, 0.05) is 12.4 Å². The van der Waals surface area contributed by atoms with Crippen molar-refractivity contribution in [2.45, 2.75) is 19.4 Å². The van der Waals surface area contributed by atoms with Crippen molar-refractivity contribution < 1.29 is 4.74 Å². The molecule has 0 aliphatic heterocycles. The zero-order valence-electron chi connectivity index (χ0n) is 10.8. The van der Waals surface area contributed by atoms with Crippen LogP contribution in [0.25, 0.3) is 0 Å². The summed E-state index contributed by atoms with van der Waals surface area (Å²) in [4.78, 5) is 7.49. The molecular formula is C14H19N3O. The van der Waals surface area contributed by atoms with Crippen molar-refractivity contribution in [3.63, 3.8) is 0 Å². The Kier molecular flexibility index (Phi) is 4.36. The normalized spacial score (nSPS) is 12.3. The quantitative estimate of drug-likeness (QED) is 0.821. The minimum Gasteiger partial charge on any atom is -0.497 e. The molecule has 1 heterocycles. The Bertz CT molecular complexity index is 468. The van der Waals surface area contributed by atoms with Gasteiger partial charge in [-0.1, -0.05) is 19.1 Å². The van der Waals surface area contributed by atoms with E-state index >= 15 is 0 Å². The van der Waals surface area contributed by atoms with Crippen LogP contribution in [0.2, 0.25) is 0 Å². The third kappa shape index (κ3) is 3.11. The highest BCUT2D eigenvalue weighted by atomic mass is 16.5. The van der Waals surface area contributed by atoms with Crippen LogP contribution in [0.4, 0.5) is 0 Å². The summed E-state index contributed by atoms with van der Waals surface area (Å²) in [6.45, 7) is 3.01. The van der Waals surface area contributed by atoms with Gasteiger partial charge in [0.25, 0.3) is 0 Å². The maximum absolute atomic E-state index is 5.24. The number of aromatic amines is 1. The Labute approximate surface area is 107 Å². The number of imidazole rings is 1. The van der Waals surface area contributed by atoms with Crippen LogP contribution < -0.4 is 10.1 Å². The zero-order chi connectivity index (χ0) is 12.8. The molecule has 0 aliphatic rings. The van der Waals surface area contributed by atoms with E-state index in [9.17, 15) is 0 Å². The van der Waals surface area contributed by atoms with Crippen molar-refractivity contribution in [3.8, 4) is 5.75 Å². The average Bonchev–Trinajstić information content (AvgIpc) is 2.92. The first-order valence-electron chi connectivity index (χ1n) is 6.19. The second-order valence-electron chi connectivity index (χ2n) is 4.14. The van der Waals surface area contributed by atoms with Gasteiger partial charge in [-0.05, 0) is 30.7 Å². The number of nitrogens with one attached hydrogen (secondary N) is 2. The van der Waals surface area contributed by atoms with Crippen molar-refractivity contribution >= 4 is 0 Å². The minimum absolute atomic E-state index is 0.206. The molecule has 4 heteroatoms. The summed E-state index contributed by atoms with van der Waals surface area (Å²) in [5, 5.41) is 3.44. The molecule has 2 rings (SSSR count). The van der Waals surface area contributed by atoms with Gasteiger partial charge < -0.3 is 15.0 Å². The van der Waals surface area contributed by atoms with E-state index in [2.05, 4.69) is 34.3 Å². The minimum atomic E-state index is 0.206. The van der Waals surface area contributed by atoms with E-state index in [4.69, 9.17) is 4.74 Å². The molecule has 1 unspecified atom stereocenters. The van der Waals surface area contributed by atoms with Gasteiger partial charge in [0.1, 0.15) is 11.6 Å². The van der Waals surface area contributed by atoms with Gasteiger partial charge in [0.15, 0.2) is 0 Å². The third-order valence-electron chi connectivity index (χ3n) is 2.87. The standard InChI is InChI=1S/C14H19N3O/c1-3-15-13(14-16-7-8-17-14)10-11-5-4-6-12(9-11)18-2/h4-9,13,15H,3,10H2,1-2H3,(H,16,17). The summed E-state index contributed by atoms with van der Waals surface area (Å²) in [6.07, 6.45) is 4.52. The van der Waals surface area contributed by atoms with Crippen molar-refractivity contribution in [3.05, 3.63) is 48.0 Å². The molecule has 0 fully saturated rings. The van der Waals surface area contributed by atoms with Crippen LogP contribution in [-0.2, 0) is 6.42 Å². The molecule has 0 radical (unpaired) electrons. The lowest BCUT2D eigenvalue weighted by Crippen LogP contribution is -2.24. The molecule has 4 nitrogen and oxygen atoms in total. The van der Waals surface area contributed by atoms with Gasteiger partial charge >= 0.3 is 0 Å². The number of aromatic nitrogens is 2. The average molecular weight is 245 g/mol. The number of nitrogens with zero attached hydrogens (tertiary/aromatic N) is 1. The predicted octanol–water partition coefficient (Wildman–Crippen LogP) is 2.31. The molecule has 18 heavy (non-hydrogen) atoms. The van der Waals surface area contributed by atoms with Gasteiger partial charge in [-0.25, -0.2) is 4.98 Å². The molecule has 0 amide bonds. The number of benzene rings is 1. The van der Waals surface area contributed by atoms with E-state index in [0.29, 0.717) is 0 Å². The Hall–Kier alpha value is -1.81. The summed E-state index contributed by atoms with van der Waals surface area (Å²) in [5.41, 5.74) is 1.23. The smallest absolute Gasteiger partial charge is 0.123 e. The van der Waals surface area contributed by atoms with E-state index in [1.807, 2.05) is 18.3 Å². The third-order valence-corrected chi connectivity index (χ3v) is 2.87. The maximum atomic E-state index is 5.24. The summed E-state index contributed by atoms with van der Waals surface area (Å²) in [6, 6.07) is 8.35. The number of ether oxygens (including phenoxy) is 1. The highest BCUT2D eigenvalue weighted by Gasteiger charge is 2.13. The van der Waals surface area contributed by atoms with Gasteiger partial charge in [0.05, 0.1) is 13.2 Å². The van der Waals surface area contributed by atoms with Crippen molar-refractivity contribution in [1.29, 1.82) is 0 Å². The number of H-pyrrole nitrogens is 1. The van der Waals surface area contributed by atoms with Crippen LogP contribution in [-0.4, -0.2) is 23.6 Å². The fraction of sp³-hybridized carbons (Fsp3) is 0.357. The highest BCUT2D eigenvalue weighted by molar-refractivity contribution is 5.29. The lowest BCUT2D eigenvalue weighted by molar-refractivity contribution is 0.413. The van der Waals surface area contributed by atoms with Crippen LogP contribution in [0.5, 0.6) is 5.75 Å². The lowest BCUT2D eigenvalue weighted by Gasteiger charge is -2.16. The van der Waals surface area contributed by atoms with Crippen LogP contribution >= 0.6 is 0 Å². The fourth-order valence-corrected chi connectivity index (χ4v) is 2.02. The summed E-state index contributed by atoms with van der Waals surface area (Å²) in [7, 11) is 1.69. The Morgan fingerprint density at radius 3 is 3.00 bits per heavy atom. The molecule has 0 saturated carbocycles. The van der Waals surface area contributed by atoms with Gasteiger partial charge in [-0.2, -0.15) is 0 Å². The predicted molar refractivity (Wildman–Crippen MR) is 71.7 cm³/mol. The van der Waals surface area contributed by atoms with E-state index in [-0.39, 0.29) is 6.04 Å². The van der Waals surface area contributed by atoms with Crippen LogP contribution in [0.1, 0.15) is 24.4 Å². The Balaban J connectivity index is 2.13. The molecule has 0 saturated heterocycles. The van der Waals surface area contributed by atoms with E-state index in [1.54, 1.807) is 13.3 Å². The first kappa shape index (κ1) is 12.6. The molecular weight excluding hydrogens is 226 g/mol. The molecule has 0 spiro atoms. The van der Waals surface area contributed by atoms with Crippen LogP contribution in [0, 0.1) is 0 Å². The molecule has 0 aliphatic carbocycles. The second kappa shape index (κ2) is 6.21. The van der Waals surface area contributed by atoms with Gasteiger partial charge in [-0.15, -0.1) is 0 Å². The van der Waals surface area contributed by atoms with Gasteiger partial charge in [0.2, 0.25) is 0 Å². The zero-order valence-corrected chi connectivity index (χ0v) is 10.8. The van der Waals surface area contributed by atoms with E-state index in [0.717, 1.165) is 24.5 Å². The maximum Gasteiger partial charge on any atom is 0.123 e. The van der Waals surface area contributed by atoms with Crippen LogP contribution in [0.3, 0.4) is 0 Å². The summed E-state index contributed by atoms with van der Waals surface area (Å²) < 4.78 is 5.24. The first-order valence-corrected chi connectivity index (χ1v) is 6.19. The number of hydrogen-bond acceptors (Lipinski definition) is 3. The van der Waals surface area contributed by atoms with Crippen molar-refractivity contribution in [2.24, 2.45) is 0 Å². The second-order valence-corrected chi connectivity index (χ2v) is 4.14. The molecule has 2 N–H and O–H groups in total. The topological polar surface area (TPSA) is 49.9 Å². The highest BCUT2D eigenvalue weighted by Crippen LogP contribution is 2.19. The summed E-state index contributed by atoms with van der Waals surface area (Å²) >= 11 is 0. The molecule has 1 aromatic heterocycles. The Morgan fingerprint density at radius 2 is 2.33 bits per heavy atom. The molecule has 2 aromatic rings. The fourth-order valence-electron chi connectivity index (χ4n) is 2.02. The molecule has 0 bridgehead atoms. The molecule has 1 aromatic carbocycles. The van der Waals surface area contributed by atoms with E-state index < -0.39 is 0 Å². The monoisotopic (exact) mass is 245 g/mol. The first-order chi connectivity index (χ1) is 8.83. The number of likely N-dealkylation sites (N-methyl/N-ethyl adjacent to an activating group) is 1. The SMILES string of the molecule is CCNC(Cc1cccc(OC)c1)c1ncc[nH]1. The molecule has 96 valence electrons. The van der Waals surface area contributed by atoms with Crippen LogP contribution in [0.15, 0.2) is 36.7 Å². The van der Waals surface area contributed by atoms with Crippen molar-refractivity contribution in [1.82, 2.24) is 15.3 Å². The van der Waals surface area contributed by atoms with Gasteiger partial charge in [-0.3, -0.25) is 0 Å². The largest absolute Gasteiger partial charge is 0.497 e. The van der Waals surface area contributed by atoms with E-state index in [1.165, 1.54) is 5.56 Å². The molecule has 1 atom stereocenters. The Morgan fingerprint density at radius 1 is 1.44 bits per heavy atom. The summed E-state index contributed by atoms with van der Waals surface area (Å²) in [5.74, 6) is 1.86. The lowest BCUT2D eigenvalue weighted by atomic mass is 10.1. The number of rotatable bonds is 6. The van der Waals surface area contributed by atoms with Crippen molar-refractivity contribution in [2.75, 3.05) is 13.7 Å². The number of hydrogen-bond donors (Lipinski definition) is 2. The number of methoxy groups -OCH3 is 1.